The van der Waals surface area contributed by atoms with Crippen LogP contribution in [0.4, 0.5) is 5.69 Å². The molecule has 0 bridgehead atoms. The molecule has 0 spiro atoms. The van der Waals surface area contributed by atoms with E-state index >= 15 is 0 Å². The van der Waals surface area contributed by atoms with Gasteiger partial charge in [-0.2, -0.15) is 0 Å². The van der Waals surface area contributed by atoms with E-state index in [1.807, 2.05) is 0 Å². The van der Waals surface area contributed by atoms with Crippen LogP contribution in [0.1, 0.15) is 18.1 Å². The van der Waals surface area contributed by atoms with E-state index in [1.54, 1.807) is 62.4 Å². The summed E-state index contributed by atoms with van der Waals surface area (Å²) in [5, 5.41) is 11.9. The van der Waals surface area contributed by atoms with Crippen molar-refractivity contribution in [1.82, 2.24) is 0 Å². The van der Waals surface area contributed by atoms with Gasteiger partial charge in [0, 0.05) is 11.3 Å². The average Bonchev–Trinajstić information content (AvgIpc) is 2.46. The molecule has 0 unspecified atom stereocenters. The Morgan fingerprint density at radius 3 is 2.52 bits per heavy atom. The third-order valence-corrected chi connectivity index (χ3v) is 4.61. The van der Waals surface area contributed by atoms with Crippen LogP contribution < -0.4 is 4.72 Å². The molecule has 0 amide bonds. The van der Waals surface area contributed by atoms with Gasteiger partial charge in [-0.3, -0.25) is 4.72 Å². The van der Waals surface area contributed by atoms with E-state index in [4.69, 9.17) is 5.21 Å². The van der Waals surface area contributed by atoms with Crippen LogP contribution in [0, 0.1) is 6.92 Å². The maximum atomic E-state index is 12.4. The van der Waals surface area contributed by atoms with Gasteiger partial charge in [0.15, 0.2) is 0 Å². The van der Waals surface area contributed by atoms with Gasteiger partial charge in [-0.05, 0) is 37.6 Å². The lowest BCUT2D eigenvalue weighted by molar-refractivity contribution is 0.319. The monoisotopic (exact) mass is 304 g/mol. The Hall–Kier alpha value is -2.34. The number of aryl methyl sites for hydroxylation is 1. The molecule has 2 N–H and O–H groups in total. The molecule has 2 rings (SSSR count). The molecule has 0 radical (unpaired) electrons. The van der Waals surface area contributed by atoms with Crippen LogP contribution in [0.25, 0.3) is 0 Å². The Morgan fingerprint density at radius 2 is 1.86 bits per heavy atom. The van der Waals surface area contributed by atoms with Gasteiger partial charge in [0.05, 0.1) is 10.6 Å². The second kappa shape index (κ2) is 5.97. The second-order valence-electron chi connectivity index (χ2n) is 4.64. The lowest BCUT2D eigenvalue weighted by Crippen LogP contribution is -2.14. The van der Waals surface area contributed by atoms with Crippen molar-refractivity contribution in [2.75, 3.05) is 4.72 Å². The Balaban J connectivity index is 2.36. The maximum Gasteiger partial charge on any atom is 0.262 e. The first kappa shape index (κ1) is 15.1. The Kier molecular flexibility index (Phi) is 4.28. The van der Waals surface area contributed by atoms with Crippen molar-refractivity contribution in [3.63, 3.8) is 0 Å². The first-order valence-corrected chi connectivity index (χ1v) is 7.80. The van der Waals surface area contributed by atoms with Gasteiger partial charge < -0.3 is 5.21 Å². The zero-order valence-electron chi connectivity index (χ0n) is 11.7. The average molecular weight is 304 g/mol. The van der Waals surface area contributed by atoms with Crippen molar-refractivity contribution in [2.24, 2.45) is 5.16 Å². The number of hydrogen-bond acceptors (Lipinski definition) is 4. The molecule has 0 heterocycles. The lowest BCUT2D eigenvalue weighted by Gasteiger charge is -2.11. The minimum absolute atomic E-state index is 0.239. The number of nitrogens with one attached hydrogen (secondary N) is 1. The highest BCUT2D eigenvalue weighted by molar-refractivity contribution is 7.92. The molecule has 2 aromatic carbocycles. The zero-order chi connectivity index (χ0) is 15.5. The summed E-state index contributed by atoms with van der Waals surface area (Å²) in [6.45, 7) is 3.38. The number of anilines is 1. The summed E-state index contributed by atoms with van der Waals surface area (Å²) in [6, 6.07) is 13.5. The van der Waals surface area contributed by atoms with Crippen molar-refractivity contribution in [3.8, 4) is 0 Å². The molecule has 0 aliphatic carbocycles. The first-order valence-electron chi connectivity index (χ1n) is 6.31. The summed E-state index contributed by atoms with van der Waals surface area (Å²) in [7, 11) is -3.65. The van der Waals surface area contributed by atoms with Crippen LogP contribution in [0.2, 0.25) is 0 Å². The van der Waals surface area contributed by atoms with E-state index in [0.717, 1.165) is 0 Å². The standard InChI is InChI=1S/C15H16N2O3S/c1-11-6-3-4-9-15(11)21(19,20)17-14-8-5-7-13(10-14)12(2)16-18/h3-10,17-18H,1-2H3. The largest absolute Gasteiger partial charge is 0.411 e. The molecular formula is C15H16N2O3S. The number of benzene rings is 2. The summed E-state index contributed by atoms with van der Waals surface area (Å²) in [4.78, 5) is 0.239. The van der Waals surface area contributed by atoms with Gasteiger partial charge in [-0.15, -0.1) is 0 Å². The van der Waals surface area contributed by atoms with Crippen LogP contribution in [0.5, 0.6) is 0 Å². The number of rotatable bonds is 4. The smallest absolute Gasteiger partial charge is 0.262 e. The van der Waals surface area contributed by atoms with Crippen LogP contribution in [0.15, 0.2) is 58.6 Å². The molecule has 0 fully saturated rings. The number of oxime groups is 1. The molecule has 21 heavy (non-hydrogen) atoms. The molecular weight excluding hydrogens is 288 g/mol. The van der Waals surface area contributed by atoms with E-state index in [-0.39, 0.29) is 4.90 Å². The van der Waals surface area contributed by atoms with Gasteiger partial charge in [-0.25, -0.2) is 8.42 Å². The normalized spacial score (nSPS) is 12.2. The molecule has 110 valence electrons. The van der Waals surface area contributed by atoms with Crippen LogP contribution in [-0.2, 0) is 10.0 Å². The SMILES string of the molecule is CC(=NO)c1cccc(NS(=O)(=O)c2ccccc2C)c1. The molecule has 0 aliphatic heterocycles. The number of sulfonamides is 1. The maximum absolute atomic E-state index is 12.4. The fourth-order valence-corrected chi connectivity index (χ4v) is 3.23. The third-order valence-electron chi connectivity index (χ3n) is 3.07. The van der Waals surface area contributed by atoms with E-state index in [1.165, 1.54) is 0 Å². The molecule has 0 aliphatic rings. The van der Waals surface area contributed by atoms with E-state index in [9.17, 15) is 8.42 Å². The molecule has 2 aromatic rings. The molecule has 6 heteroatoms. The molecule has 0 saturated carbocycles. The van der Waals surface area contributed by atoms with Crippen LogP contribution in [0.3, 0.4) is 0 Å². The summed E-state index contributed by atoms with van der Waals surface area (Å²) >= 11 is 0. The summed E-state index contributed by atoms with van der Waals surface area (Å²) in [6.07, 6.45) is 0. The minimum atomic E-state index is -3.65. The lowest BCUT2D eigenvalue weighted by atomic mass is 10.1. The van der Waals surface area contributed by atoms with Gasteiger partial charge >= 0.3 is 0 Å². The van der Waals surface area contributed by atoms with Crippen molar-refractivity contribution in [2.45, 2.75) is 18.7 Å². The fraction of sp³-hybridized carbons (Fsp3) is 0.133. The van der Waals surface area contributed by atoms with E-state index in [0.29, 0.717) is 22.5 Å². The molecule has 5 nitrogen and oxygen atoms in total. The summed E-state index contributed by atoms with van der Waals surface area (Å²) in [5.74, 6) is 0. The van der Waals surface area contributed by atoms with Crippen molar-refractivity contribution < 1.29 is 13.6 Å². The Labute approximate surface area is 124 Å². The van der Waals surface area contributed by atoms with Gasteiger partial charge in [0.2, 0.25) is 0 Å². The predicted molar refractivity (Wildman–Crippen MR) is 82.4 cm³/mol. The molecule has 0 saturated heterocycles. The second-order valence-corrected chi connectivity index (χ2v) is 6.29. The highest BCUT2D eigenvalue weighted by Crippen LogP contribution is 2.20. The van der Waals surface area contributed by atoms with Crippen molar-refractivity contribution in [3.05, 3.63) is 59.7 Å². The van der Waals surface area contributed by atoms with Crippen LogP contribution in [-0.4, -0.2) is 19.3 Å². The highest BCUT2D eigenvalue weighted by Gasteiger charge is 2.16. The summed E-state index contributed by atoms with van der Waals surface area (Å²) < 4.78 is 27.3. The number of hydrogen-bond donors (Lipinski definition) is 2. The zero-order valence-corrected chi connectivity index (χ0v) is 12.6. The fourth-order valence-electron chi connectivity index (χ4n) is 1.93. The molecule has 0 aromatic heterocycles. The van der Waals surface area contributed by atoms with Crippen molar-refractivity contribution >= 4 is 21.4 Å². The van der Waals surface area contributed by atoms with E-state index < -0.39 is 10.0 Å². The topological polar surface area (TPSA) is 78.8 Å². The Bertz CT molecular complexity index is 783. The minimum Gasteiger partial charge on any atom is -0.411 e. The molecule has 0 atom stereocenters. The summed E-state index contributed by atoms with van der Waals surface area (Å²) in [5.41, 5.74) is 2.14. The van der Waals surface area contributed by atoms with Gasteiger partial charge in [0.1, 0.15) is 0 Å². The predicted octanol–water partition coefficient (Wildman–Crippen LogP) is 2.99. The van der Waals surface area contributed by atoms with Gasteiger partial charge in [0.25, 0.3) is 10.0 Å². The highest BCUT2D eigenvalue weighted by atomic mass is 32.2. The van der Waals surface area contributed by atoms with Crippen LogP contribution >= 0.6 is 0 Å². The third kappa shape index (κ3) is 3.41. The quantitative estimate of drug-likeness (QED) is 0.518. The number of nitrogens with zero attached hydrogens (tertiary/aromatic N) is 1. The van der Waals surface area contributed by atoms with Gasteiger partial charge in [-0.1, -0.05) is 35.5 Å². The Morgan fingerprint density at radius 1 is 1.14 bits per heavy atom. The first-order chi connectivity index (χ1) is 9.94. The van der Waals surface area contributed by atoms with Crippen molar-refractivity contribution in [1.29, 1.82) is 0 Å². The van der Waals surface area contributed by atoms with E-state index in [2.05, 4.69) is 9.88 Å².